The molecule has 1 aromatic carbocycles. The third-order valence-electron chi connectivity index (χ3n) is 2.37. The minimum absolute atomic E-state index is 0.195. The summed E-state index contributed by atoms with van der Waals surface area (Å²) < 4.78 is 4.62. The van der Waals surface area contributed by atoms with E-state index in [0.717, 1.165) is 16.8 Å². The minimum Gasteiger partial charge on any atom is -0.468 e. The number of carbonyl (C=O) groups is 1. The van der Waals surface area contributed by atoms with Crippen LogP contribution in [0.1, 0.15) is 11.1 Å². The van der Waals surface area contributed by atoms with Crippen LogP contribution in [0, 0.1) is 13.8 Å². The van der Waals surface area contributed by atoms with Crippen molar-refractivity contribution in [3.8, 4) is 0 Å². The summed E-state index contributed by atoms with van der Waals surface area (Å²) in [7, 11) is 3.19. The maximum atomic E-state index is 11.2. The molecule has 0 saturated heterocycles. The SMILES string of the molecule is COC(=O)CN(C)c1c(C)cc(C)cc1Cl. The highest BCUT2D eigenvalue weighted by Crippen LogP contribution is 2.29. The minimum atomic E-state index is -0.279. The number of benzene rings is 1. The Morgan fingerprint density at radius 2 is 2.06 bits per heavy atom. The smallest absolute Gasteiger partial charge is 0.325 e. The molecule has 16 heavy (non-hydrogen) atoms. The molecule has 0 fully saturated rings. The lowest BCUT2D eigenvalue weighted by molar-refractivity contribution is -0.138. The van der Waals surface area contributed by atoms with Crippen molar-refractivity contribution < 1.29 is 9.53 Å². The quantitative estimate of drug-likeness (QED) is 0.762. The highest BCUT2D eigenvalue weighted by atomic mass is 35.5. The van der Waals surface area contributed by atoms with E-state index < -0.39 is 0 Å². The van der Waals surface area contributed by atoms with Crippen molar-refractivity contribution in [2.75, 3.05) is 25.6 Å². The second-order valence-electron chi connectivity index (χ2n) is 3.84. The topological polar surface area (TPSA) is 29.5 Å². The first kappa shape index (κ1) is 12.8. The van der Waals surface area contributed by atoms with E-state index in [9.17, 15) is 4.79 Å². The Labute approximate surface area is 101 Å². The number of rotatable bonds is 3. The third-order valence-corrected chi connectivity index (χ3v) is 2.66. The molecule has 1 aromatic rings. The number of carbonyl (C=O) groups excluding carboxylic acids is 1. The molecule has 0 saturated carbocycles. The van der Waals surface area contributed by atoms with Crippen LogP contribution in [0.4, 0.5) is 5.69 Å². The van der Waals surface area contributed by atoms with Crippen LogP contribution in [0.2, 0.25) is 5.02 Å². The molecule has 88 valence electrons. The largest absolute Gasteiger partial charge is 0.468 e. The van der Waals surface area contributed by atoms with Gasteiger partial charge in [-0.2, -0.15) is 0 Å². The zero-order valence-corrected chi connectivity index (χ0v) is 10.8. The van der Waals surface area contributed by atoms with Gasteiger partial charge in [0.2, 0.25) is 0 Å². The summed E-state index contributed by atoms with van der Waals surface area (Å²) >= 11 is 6.16. The van der Waals surface area contributed by atoms with Gasteiger partial charge >= 0.3 is 5.97 Å². The van der Waals surface area contributed by atoms with E-state index in [0.29, 0.717) is 5.02 Å². The molecule has 0 bridgehead atoms. The number of hydrogen-bond donors (Lipinski definition) is 0. The third kappa shape index (κ3) is 2.89. The first-order valence-corrected chi connectivity index (χ1v) is 5.38. The van der Waals surface area contributed by atoms with E-state index in [2.05, 4.69) is 4.74 Å². The fourth-order valence-corrected chi connectivity index (χ4v) is 2.19. The summed E-state index contributed by atoms with van der Waals surface area (Å²) in [6.45, 7) is 4.16. The fraction of sp³-hybridized carbons (Fsp3) is 0.417. The first-order valence-electron chi connectivity index (χ1n) is 5.00. The number of nitrogens with zero attached hydrogens (tertiary/aromatic N) is 1. The highest BCUT2D eigenvalue weighted by Gasteiger charge is 2.13. The summed E-state index contributed by atoms with van der Waals surface area (Å²) in [5, 5.41) is 0.656. The molecule has 0 aliphatic heterocycles. The van der Waals surface area contributed by atoms with Gasteiger partial charge in [0.1, 0.15) is 6.54 Å². The zero-order chi connectivity index (χ0) is 12.3. The van der Waals surface area contributed by atoms with Gasteiger partial charge in [0, 0.05) is 7.05 Å². The van der Waals surface area contributed by atoms with Gasteiger partial charge in [-0.25, -0.2) is 0 Å². The molecule has 0 heterocycles. The number of halogens is 1. The lowest BCUT2D eigenvalue weighted by Gasteiger charge is -2.21. The molecular weight excluding hydrogens is 226 g/mol. The number of hydrogen-bond acceptors (Lipinski definition) is 3. The van der Waals surface area contributed by atoms with E-state index in [1.807, 2.05) is 33.0 Å². The fourth-order valence-electron chi connectivity index (χ4n) is 1.73. The van der Waals surface area contributed by atoms with E-state index in [4.69, 9.17) is 11.6 Å². The molecule has 0 aromatic heterocycles. The van der Waals surface area contributed by atoms with Crippen LogP contribution in [0.15, 0.2) is 12.1 Å². The number of ether oxygens (including phenoxy) is 1. The van der Waals surface area contributed by atoms with Gasteiger partial charge in [0.05, 0.1) is 17.8 Å². The average Bonchev–Trinajstić information content (AvgIpc) is 2.15. The molecule has 0 atom stereocenters. The van der Waals surface area contributed by atoms with Crippen LogP contribution >= 0.6 is 11.6 Å². The van der Waals surface area contributed by atoms with Gasteiger partial charge in [-0.1, -0.05) is 17.7 Å². The van der Waals surface area contributed by atoms with E-state index in [1.54, 1.807) is 4.90 Å². The Hall–Kier alpha value is -1.22. The average molecular weight is 242 g/mol. The molecule has 0 unspecified atom stereocenters. The van der Waals surface area contributed by atoms with Crippen molar-refractivity contribution in [3.05, 3.63) is 28.3 Å². The number of aryl methyl sites for hydroxylation is 2. The summed E-state index contributed by atoms with van der Waals surface area (Å²) in [5.74, 6) is -0.279. The predicted molar refractivity (Wildman–Crippen MR) is 66.2 cm³/mol. The lowest BCUT2D eigenvalue weighted by atomic mass is 10.1. The van der Waals surface area contributed by atoms with Gasteiger partial charge in [-0.3, -0.25) is 4.79 Å². The van der Waals surface area contributed by atoms with Crippen molar-refractivity contribution in [2.45, 2.75) is 13.8 Å². The number of esters is 1. The number of methoxy groups -OCH3 is 1. The molecule has 4 heteroatoms. The van der Waals surface area contributed by atoms with Crippen molar-refractivity contribution in [1.29, 1.82) is 0 Å². The molecule has 0 aliphatic carbocycles. The molecule has 1 rings (SSSR count). The van der Waals surface area contributed by atoms with Gasteiger partial charge in [-0.15, -0.1) is 0 Å². The maximum Gasteiger partial charge on any atom is 0.325 e. The predicted octanol–water partition coefficient (Wildman–Crippen LogP) is 2.57. The first-order chi connectivity index (χ1) is 7.45. The van der Waals surface area contributed by atoms with E-state index in [1.165, 1.54) is 7.11 Å². The maximum absolute atomic E-state index is 11.2. The monoisotopic (exact) mass is 241 g/mol. The van der Waals surface area contributed by atoms with Gasteiger partial charge in [-0.05, 0) is 31.0 Å². The van der Waals surface area contributed by atoms with Crippen molar-refractivity contribution >= 4 is 23.3 Å². The molecular formula is C12H16ClNO2. The van der Waals surface area contributed by atoms with Crippen LogP contribution in [-0.4, -0.2) is 26.7 Å². The van der Waals surface area contributed by atoms with Crippen LogP contribution in [0.5, 0.6) is 0 Å². The molecule has 0 radical (unpaired) electrons. The summed E-state index contributed by atoms with van der Waals surface area (Å²) in [6, 6.07) is 3.92. The van der Waals surface area contributed by atoms with Crippen molar-refractivity contribution in [3.63, 3.8) is 0 Å². The highest BCUT2D eigenvalue weighted by molar-refractivity contribution is 6.33. The summed E-state index contributed by atoms with van der Waals surface area (Å²) in [4.78, 5) is 13.0. The Balaban J connectivity index is 2.99. The Morgan fingerprint density at radius 1 is 1.44 bits per heavy atom. The van der Waals surface area contributed by atoms with Gasteiger partial charge < -0.3 is 9.64 Å². The standard InChI is InChI=1S/C12H16ClNO2/c1-8-5-9(2)12(10(13)6-8)14(3)7-11(15)16-4/h5-6H,7H2,1-4H3. The molecule has 0 aliphatic rings. The molecule has 0 spiro atoms. The molecule has 0 N–H and O–H groups in total. The second kappa shape index (κ2) is 5.21. The summed E-state index contributed by atoms with van der Waals surface area (Å²) in [6.07, 6.45) is 0. The second-order valence-corrected chi connectivity index (χ2v) is 4.25. The Kier molecular flexibility index (Phi) is 4.19. The van der Waals surface area contributed by atoms with Gasteiger partial charge in [0.15, 0.2) is 0 Å². The van der Waals surface area contributed by atoms with Crippen LogP contribution in [0.25, 0.3) is 0 Å². The van der Waals surface area contributed by atoms with Crippen LogP contribution in [0.3, 0.4) is 0 Å². The number of anilines is 1. The Morgan fingerprint density at radius 3 is 2.56 bits per heavy atom. The van der Waals surface area contributed by atoms with Crippen LogP contribution in [-0.2, 0) is 9.53 Å². The van der Waals surface area contributed by atoms with Crippen LogP contribution < -0.4 is 4.90 Å². The van der Waals surface area contributed by atoms with Crippen molar-refractivity contribution in [1.82, 2.24) is 0 Å². The normalized spacial score (nSPS) is 10.1. The molecule has 3 nitrogen and oxygen atoms in total. The summed E-state index contributed by atoms with van der Waals surface area (Å²) in [5.41, 5.74) is 3.03. The van der Waals surface area contributed by atoms with E-state index >= 15 is 0 Å². The number of likely N-dealkylation sites (N-methyl/N-ethyl adjacent to an activating group) is 1. The van der Waals surface area contributed by atoms with Crippen molar-refractivity contribution in [2.24, 2.45) is 0 Å². The lowest BCUT2D eigenvalue weighted by Crippen LogP contribution is -2.27. The molecule has 0 amide bonds. The Bertz CT molecular complexity index is 381. The van der Waals surface area contributed by atoms with Gasteiger partial charge in [0.25, 0.3) is 0 Å². The zero-order valence-electron chi connectivity index (χ0n) is 10.0. The van der Waals surface area contributed by atoms with E-state index in [-0.39, 0.29) is 12.5 Å².